The van der Waals surface area contributed by atoms with E-state index in [1.54, 1.807) is 18.8 Å². The average molecular weight is 482 g/mol. The van der Waals surface area contributed by atoms with Crippen molar-refractivity contribution in [1.82, 2.24) is 10.6 Å². The van der Waals surface area contributed by atoms with Crippen molar-refractivity contribution in [3.05, 3.63) is 34.9 Å². The summed E-state index contributed by atoms with van der Waals surface area (Å²) >= 11 is 7.92. The molecule has 1 atom stereocenters. The molecule has 1 aromatic rings. The molecule has 4 nitrogen and oxygen atoms in total. The van der Waals surface area contributed by atoms with Gasteiger partial charge in [-0.3, -0.25) is 4.99 Å². The number of aliphatic imine (C=N–C) groups is 1. The van der Waals surface area contributed by atoms with E-state index in [2.05, 4.69) is 27.8 Å². The molecule has 1 aromatic carbocycles. The maximum Gasteiger partial charge on any atom is 0.191 e. The maximum atomic E-state index is 10.4. The van der Waals surface area contributed by atoms with Crippen LogP contribution in [0, 0.1) is 0 Å². The van der Waals surface area contributed by atoms with Gasteiger partial charge in [-0.25, -0.2) is 0 Å². The average Bonchev–Trinajstić information content (AvgIpc) is 3.22. The third kappa shape index (κ3) is 4.93. The smallest absolute Gasteiger partial charge is 0.191 e. The number of guanidine groups is 1. The minimum Gasteiger partial charge on any atom is -0.387 e. The second-order valence-electron chi connectivity index (χ2n) is 6.60. The van der Waals surface area contributed by atoms with Crippen LogP contribution in [0.2, 0.25) is 5.02 Å². The van der Waals surface area contributed by atoms with Gasteiger partial charge in [0.15, 0.2) is 5.96 Å². The van der Waals surface area contributed by atoms with E-state index in [0.717, 1.165) is 48.3 Å². The zero-order chi connectivity index (χ0) is 16.3. The number of halogens is 2. The van der Waals surface area contributed by atoms with Gasteiger partial charge in [0.05, 0.1) is 5.60 Å². The van der Waals surface area contributed by atoms with E-state index >= 15 is 0 Å². The van der Waals surface area contributed by atoms with Gasteiger partial charge in [-0.2, -0.15) is 11.8 Å². The van der Waals surface area contributed by atoms with E-state index in [4.69, 9.17) is 11.6 Å². The van der Waals surface area contributed by atoms with Crippen molar-refractivity contribution in [2.45, 2.75) is 30.3 Å². The van der Waals surface area contributed by atoms with Crippen LogP contribution < -0.4 is 10.6 Å². The predicted molar refractivity (Wildman–Crippen MR) is 114 cm³/mol. The number of hydrogen-bond acceptors (Lipinski definition) is 3. The molecule has 1 aliphatic carbocycles. The third-order valence-electron chi connectivity index (χ3n) is 4.78. The molecule has 1 aliphatic heterocycles. The lowest BCUT2D eigenvalue weighted by Crippen LogP contribution is -2.48. The van der Waals surface area contributed by atoms with Crippen molar-refractivity contribution in [3.8, 4) is 0 Å². The number of nitrogens with zero attached hydrogens (tertiary/aromatic N) is 1. The Morgan fingerprint density at radius 2 is 2.04 bits per heavy atom. The summed E-state index contributed by atoms with van der Waals surface area (Å²) in [7, 11) is 1.77. The third-order valence-corrected chi connectivity index (χ3v) is 6.25. The molecule has 7 heteroatoms. The highest BCUT2D eigenvalue weighted by atomic mass is 127. The molecule has 0 amide bonds. The number of rotatable bonds is 5. The van der Waals surface area contributed by atoms with Crippen molar-refractivity contribution in [3.63, 3.8) is 0 Å². The summed E-state index contributed by atoms with van der Waals surface area (Å²) in [6.07, 6.45) is 3.17. The molecule has 2 aliphatic rings. The Morgan fingerprint density at radius 3 is 2.62 bits per heavy atom. The predicted octanol–water partition coefficient (Wildman–Crippen LogP) is 3.02. The van der Waals surface area contributed by atoms with Gasteiger partial charge in [0, 0.05) is 36.3 Å². The van der Waals surface area contributed by atoms with Gasteiger partial charge in [-0.05, 0) is 42.7 Å². The first kappa shape index (κ1) is 20.1. The van der Waals surface area contributed by atoms with Crippen LogP contribution in [-0.2, 0) is 5.41 Å². The molecule has 0 radical (unpaired) electrons. The van der Waals surface area contributed by atoms with Crippen LogP contribution in [-0.4, -0.2) is 48.3 Å². The Bertz CT molecular complexity index is 589. The topological polar surface area (TPSA) is 56.7 Å². The summed E-state index contributed by atoms with van der Waals surface area (Å²) in [6.45, 7) is 1.38. The van der Waals surface area contributed by atoms with Gasteiger partial charge >= 0.3 is 0 Å². The fraction of sp³-hybridized carbons (Fsp3) is 0.588. The molecule has 0 spiro atoms. The monoisotopic (exact) mass is 481 g/mol. The van der Waals surface area contributed by atoms with Crippen LogP contribution >= 0.6 is 47.3 Å². The van der Waals surface area contributed by atoms with E-state index in [1.165, 1.54) is 5.56 Å². The SMILES string of the molecule is CN=C(NCC1(O)CCSC1)NCC1(c2cccc(Cl)c2)CC1.I. The Morgan fingerprint density at radius 1 is 1.29 bits per heavy atom. The molecular weight excluding hydrogens is 457 g/mol. The molecule has 0 bridgehead atoms. The molecule has 1 unspecified atom stereocenters. The number of hydrogen-bond donors (Lipinski definition) is 3. The molecule has 24 heavy (non-hydrogen) atoms. The van der Waals surface area contributed by atoms with Gasteiger partial charge in [0.1, 0.15) is 0 Å². The van der Waals surface area contributed by atoms with Crippen molar-refractivity contribution < 1.29 is 5.11 Å². The van der Waals surface area contributed by atoms with Crippen LogP contribution in [0.15, 0.2) is 29.3 Å². The van der Waals surface area contributed by atoms with Crippen LogP contribution in [0.4, 0.5) is 0 Å². The van der Waals surface area contributed by atoms with Crippen molar-refractivity contribution in [1.29, 1.82) is 0 Å². The summed E-state index contributed by atoms with van der Waals surface area (Å²) < 4.78 is 0. The second-order valence-corrected chi connectivity index (χ2v) is 8.14. The highest BCUT2D eigenvalue weighted by molar-refractivity contribution is 14.0. The number of nitrogens with one attached hydrogen (secondary N) is 2. The van der Waals surface area contributed by atoms with E-state index in [1.807, 2.05) is 12.1 Å². The number of benzene rings is 1. The zero-order valence-electron chi connectivity index (χ0n) is 13.8. The Labute approximate surface area is 170 Å². The van der Waals surface area contributed by atoms with Crippen LogP contribution in [0.3, 0.4) is 0 Å². The molecule has 1 saturated heterocycles. The zero-order valence-corrected chi connectivity index (χ0v) is 17.8. The summed E-state index contributed by atoms with van der Waals surface area (Å²) in [5.41, 5.74) is 0.855. The van der Waals surface area contributed by atoms with Crippen molar-refractivity contribution in [2.75, 3.05) is 31.6 Å². The van der Waals surface area contributed by atoms with E-state index in [9.17, 15) is 5.11 Å². The Balaban J connectivity index is 0.00000208. The lowest BCUT2D eigenvalue weighted by atomic mass is 9.96. The van der Waals surface area contributed by atoms with E-state index < -0.39 is 5.60 Å². The highest BCUT2D eigenvalue weighted by Crippen LogP contribution is 2.48. The molecule has 1 saturated carbocycles. The lowest BCUT2D eigenvalue weighted by Gasteiger charge is -2.24. The van der Waals surface area contributed by atoms with Crippen LogP contribution in [0.25, 0.3) is 0 Å². The largest absolute Gasteiger partial charge is 0.387 e. The van der Waals surface area contributed by atoms with Gasteiger partial charge in [-0.1, -0.05) is 23.7 Å². The van der Waals surface area contributed by atoms with Gasteiger partial charge in [-0.15, -0.1) is 24.0 Å². The van der Waals surface area contributed by atoms with Gasteiger partial charge in [0.2, 0.25) is 0 Å². The van der Waals surface area contributed by atoms with Gasteiger partial charge in [0.25, 0.3) is 0 Å². The number of aliphatic hydroxyl groups is 1. The molecule has 2 fully saturated rings. The van der Waals surface area contributed by atoms with Crippen molar-refractivity contribution >= 4 is 53.3 Å². The fourth-order valence-electron chi connectivity index (χ4n) is 2.99. The fourth-order valence-corrected chi connectivity index (χ4v) is 4.48. The van der Waals surface area contributed by atoms with E-state index in [0.29, 0.717) is 6.54 Å². The normalized spacial score (nSPS) is 25.0. The molecule has 134 valence electrons. The minimum atomic E-state index is -0.605. The summed E-state index contributed by atoms with van der Waals surface area (Å²) in [4.78, 5) is 4.27. The van der Waals surface area contributed by atoms with Crippen molar-refractivity contribution in [2.24, 2.45) is 4.99 Å². The first-order valence-electron chi connectivity index (χ1n) is 8.06. The summed E-state index contributed by atoms with van der Waals surface area (Å²) in [6, 6.07) is 8.13. The first-order chi connectivity index (χ1) is 11.1. The molecule has 1 heterocycles. The maximum absolute atomic E-state index is 10.4. The first-order valence-corrected chi connectivity index (χ1v) is 9.59. The lowest BCUT2D eigenvalue weighted by molar-refractivity contribution is 0.0724. The Hall–Kier alpha value is -0.180. The molecule has 3 N–H and O–H groups in total. The summed E-state index contributed by atoms with van der Waals surface area (Å²) in [5.74, 6) is 2.58. The summed E-state index contributed by atoms with van der Waals surface area (Å²) in [5, 5.41) is 17.9. The van der Waals surface area contributed by atoms with Crippen LogP contribution in [0.1, 0.15) is 24.8 Å². The quantitative estimate of drug-likeness (QED) is 0.344. The van der Waals surface area contributed by atoms with E-state index in [-0.39, 0.29) is 29.4 Å². The molecule has 0 aromatic heterocycles. The highest BCUT2D eigenvalue weighted by Gasteiger charge is 2.44. The minimum absolute atomic E-state index is 0. The Kier molecular flexibility index (Phi) is 7.10. The van der Waals surface area contributed by atoms with Crippen LogP contribution in [0.5, 0.6) is 0 Å². The standard InChI is InChI=1S/C17H24ClN3OS.HI/c1-19-15(21-11-17(22)7-8-23-12-17)20-10-16(5-6-16)13-3-2-4-14(18)9-13;/h2-4,9,22H,5-8,10-12H2,1H3,(H2,19,20,21);1H. The second kappa shape index (κ2) is 8.47. The number of thioether (sulfide) groups is 1. The van der Waals surface area contributed by atoms with Gasteiger partial charge < -0.3 is 15.7 Å². The molecule has 3 rings (SSSR count). The molecular formula is C17H25ClIN3OS.